The maximum atomic E-state index is 4.58. The summed E-state index contributed by atoms with van der Waals surface area (Å²) in [4.78, 5) is 8.85. The fraction of sp³-hybridized carbons (Fsp3) is 0.267. The third-order valence-corrected chi connectivity index (χ3v) is 3.22. The van der Waals surface area contributed by atoms with Gasteiger partial charge in [0.25, 0.3) is 0 Å². The van der Waals surface area contributed by atoms with Crippen molar-refractivity contribution in [2.75, 3.05) is 0 Å². The second-order valence-electron chi connectivity index (χ2n) is 4.61. The Bertz CT molecular complexity index is 701. The third-order valence-electron chi connectivity index (χ3n) is 3.22. The number of hydrogen-bond donors (Lipinski definition) is 0. The molecule has 0 unspecified atom stereocenters. The van der Waals surface area contributed by atoms with Crippen LogP contribution in [-0.2, 0) is 13.5 Å². The largest absolute Gasteiger partial charge is 0.264 e. The first kappa shape index (κ1) is 11.8. The Hall–Kier alpha value is -2.23. The molecule has 4 nitrogen and oxygen atoms in total. The lowest BCUT2D eigenvalue weighted by Gasteiger charge is -2.03. The van der Waals surface area contributed by atoms with Gasteiger partial charge in [0.15, 0.2) is 0 Å². The minimum atomic E-state index is 0.947. The molecule has 0 aliphatic carbocycles. The zero-order valence-electron chi connectivity index (χ0n) is 11.2. The van der Waals surface area contributed by atoms with Crippen molar-refractivity contribution in [1.29, 1.82) is 0 Å². The van der Waals surface area contributed by atoms with E-state index < -0.39 is 0 Å². The first-order chi connectivity index (χ1) is 9.31. The van der Waals surface area contributed by atoms with Gasteiger partial charge in [-0.05, 0) is 6.42 Å². The zero-order chi connectivity index (χ0) is 13.2. The molecule has 0 radical (unpaired) electrons. The fourth-order valence-electron chi connectivity index (χ4n) is 2.39. The van der Waals surface area contributed by atoms with Crippen molar-refractivity contribution in [3.05, 3.63) is 42.4 Å². The van der Waals surface area contributed by atoms with Gasteiger partial charge in [-0.25, -0.2) is 9.97 Å². The predicted molar refractivity (Wildman–Crippen MR) is 75.7 cm³/mol. The molecule has 1 aromatic carbocycles. The lowest BCUT2D eigenvalue weighted by Crippen LogP contribution is -1.94. The van der Waals surface area contributed by atoms with Gasteiger partial charge in [0.05, 0.1) is 11.4 Å². The Labute approximate surface area is 112 Å². The van der Waals surface area contributed by atoms with Crippen molar-refractivity contribution in [1.82, 2.24) is 19.7 Å². The van der Waals surface area contributed by atoms with Crippen molar-refractivity contribution in [2.45, 2.75) is 19.8 Å². The Kier molecular flexibility index (Phi) is 2.99. The summed E-state index contributed by atoms with van der Waals surface area (Å²) in [6.07, 6.45) is 3.64. The van der Waals surface area contributed by atoms with Gasteiger partial charge in [0.2, 0.25) is 0 Å². The Morgan fingerprint density at radius 1 is 1.11 bits per heavy atom. The van der Waals surface area contributed by atoms with Crippen molar-refractivity contribution in [2.24, 2.45) is 7.05 Å². The maximum Gasteiger partial charge on any atom is 0.117 e. The van der Waals surface area contributed by atoms with Crippen LogP contribution < -0.4 is 0 Å². The number of hydrogen-bond acceptors (Lipinski definition) is 3. The number of benzene rings is 1. The molecule has 96 valence electrons. The lowest BCUT2D eigenvalue weighted by molar-refractivity contribution is 0.753. The summed E-state index contributed by atoms with van der Waals surface area (Å²) >= 11 is 0. The molecule has 0 saturated heterocycles. The van der Waals surface area contributed by atoms with Gasteiger partial charge < -0.3 is 0 Å². The SMILES string of the molecule is CCCc1nn(C)c2c(-c3ccccc3)ncnc12. The monoisotopic (exact) mass is 252 g/mol. The van der Waals surface area contributed by atoms with Crippen LogP contribution in [0.15, 0.2) is 36.7 Å². The summed E-state index contributed by atoms with van der Waals surface area (Å²) in [6.45, 7) is 2.15. The number of aromatic nitrogens is 4. The van der Waals surface area contributed by atoms with Gasteiger partial charge in [0, 0.05) is 12.6 Å². The molecule has 2 heterocycles. The number of aryl methyl sites for hydroxylation is 2. The summed E-state index contributed by atoms with van der Waals surface area (Å²) in [5.41, 5.74) is 5.08. The average molecular weight is 252 g/mol. The molecule has 3 rings (SSSR count). The minimum Gasteiger partial charge on any atom is -0.264 e. The molecular weight excluding hydrogens is 236 g/mol. The van der Waals surface area contributed by atoms with Crippen LogP contribution >= 0.6 is 0 Å². The molecule has 4 heteroatoms. The van der Waals surface area contributed by atoms with Crippen LogP contribution in [0.5, 0.6) is 0 Å². The van der Waals surface area contributed by atoms with E-state index in [2.05, 4.69) is 34.1 Å². The Morgan fingerprint density at radius 3 is 2.63 bits per heavy atom. The molecule has 0 fully saturated rings. The summed E-state index contributed by atoms with van der Waals surface area (Å²) in [7, 11) is 1.96. The molecular formula is C15H16N4. The van der Waals surface area contributed by atoms with Gasteiger partial charge in [-0.15, -0.1) is 0 Å². The van der Waals surface area contributed by atoms with Gasteiger partial charge in [0.1, 0.15) is 17.4 Å². The quantitative estimate of drug-likeness (QED) is 0.719. The van der Waals surface area contributed by atoms with Gasteiger partial charge >= 0.3 is 0 Å². The highest BCUT2D eigenvalue weighted by atomic mass is 15.3. The van der Waals surface area contributed by atoms with E-state index in [1.165, 1.54) is 0 Å². The van der Waals surface area contributed by atoms with Crippen molar-refractivity contribution in [3.8, 4) is 11.3 Å². The van der Waals surface area contributed by atoms with Crippen LogP contribution in [0.4, 0.5) is 0 Å². The van der Waals surface area contributed by atoms with E-state index in [9.17, 15) is 0 Å². The molecule has 0 saturated carbocycles. The fourth-order valence-corrected chi connectivity index (χ4v) is 2.39. The molecule has 3 aromatic rings. The van der Waals surface area contributed by atoms with Crippen LogP contribution in [0, 0.1) is 0 Å². The van der Waals surface area contributed by atoms with Gasteiger partial charge in [-0.2, -0.15) is 5.10 Å². The normalized spacial score (nSPS) is 11.1. The molecule has 0 aliphatic heterocycles. The summed E-state index contributed by atoms with van der Waals surface area (Å²) in [5, 5.41) is 4.58. The topological polar surface area (TPSA) is 43.6 Å². The van der Waals surface area contributed by atoms with Crippen molar-refractivity contribution in [3.63, 3.8) is 0 Å². The number of fused-ring (bicyclic) bond motifs is 1. The maximum absolute atomic E-state index is 4.58. The van der Waals surface area contributed by atoms with E-state index in [1.54, 1.807) is 6.33 Å². The molecule has 0 atom stereocenters. The first-order valence-corrected chi connectivity index (χ1v) is 6.53. The van der Waals surface area contributed by atoms with Crippen LogP contribution in [0.25, 0.3) is 22.3 Å². The lowest BCUT2D eigenvalue weighted by atomic mass is 10.1. The van der Waals surface area contributed by atoms with E-state index in [-0.39, 0.29) is 0 Å². The van der Waals surface area contributed by atoms with Crippen LogP contribution in [-0.4, -0.2) is 19.7 Å². The molecule has 19 heavy (non-hydrogen) atoms. The van der Waals surface area contributed by atoms with Gasteiger partial charge in [-0.3, -0.25) is 4.68 Å². The molecule has 0 amide bonds. The van der Waals surface area contributed by atoms with Crippen molar-refractivity contribution >= 4 is 11.0 Å². The molecule has 0 aliphatic rings. The van der Waals surface area contributed by atoms with Crippen LogP contribution in [0.3, 0.4) is 0 Å². The van der Waals surface area contributed by atoms with Crippen LogP contribution in [0.2, 0.25) is 0 Å². The number of rotatable bonds is 3. The van der Waals surface area contributed by atoms with E-state index >= 15 is 0 Å². The Balaban J connectivity index is 2.27. The highest BCUT2D eigenvalue weighted by molar-refractivity contribution is 5.90. The second-order valence-corrected chi connectivity index (χ2v) is 4.61. The van der Waals surface area contributed by atoms with Crippen LogP contribution in [0.1, 0.15) is 19.0 Å². The van der Waals surface area contributed by atoms with E-state index in [0.29, 0.717) is 0 Å². The number of nitrogens with zero attached hydrogens (tertiary/aromatic N) is 4. The third kappa shape index (κ3) is 1.99. The van der Waals surface area contributed by atoms with E-state index in [4.69, 9.17) is 0 Å². The highest BCUT2D eigenvalue weighted by Crippen LogP contribution is 2.26. The van der Waals surface area contributed by atoms with E-state index in [0.717, 1.165) is 40.8 Å². The summed E-state index contributed by atoms with van der Waals surface area (Å²) in [5.74, 6) is 0. The highest BCUT2D eigenvalue weighted by Gasteiger charge is 2.14. The molecule has 0 N–H and O–H groups in total. The molecule has 2 aromatic heterocycles. The zero-order valence-corrected chi connectivity index (χ0v) is 11.2. The summed E-state index contributed by atoms with van der Waals surface area (Å²) in [6, 6.07) is 10.2. The molecule has 0 bridgehead atoms. The average Bonchev–Trinajstić information content (AvgIpc) is 2.77. The van der Waals surface area contributed by atoms with Gasteiger partial charge in [-0.1, -0.05) is 43.7 Å². The molecule has 0 spiro atoms. The standard InChI is InChI=1S/C15H16N4/c1-3-7-12-14-15(19(2)18-12)13(16-10-17-14)11-8-5-4-6-9-11/h4-6,8-10H,3,7H2,1-2H3. The second kappa shape index (κ2) is 4.80. The Morgan fingerprint density at radius 2 is 1.89 bits per heavy atom. The first-order valence-electron chi connectivity index (χ1n) is 6.53. The van der Waals surface area contributed by atoms with E-state index in [1.807, 2.05) is 29.9 Å². The predicted octanol–water partition coefficient (Wildman–Crippen LogP) is 2.98. The minimum absolute atomic E-state index is 0.947. The van der Waals surface area contributed by atoms with Crippen molar-refractivity contribution < 1.29 is 0 Å². The summed E-state index contributed by atoms with van der Waals surface area (Å²) < 4.78 is 1.89. The smallest absolute Gasteiger partial charge is 0.117 e.